The normalized spacial score (nSPS) is 12.0. The van der Waals surface area contributed by atoms with Gasteiger partial charge >= 0.3 is 0 Å². The molecule has 0 aromatic heterocycles. The zero-order valence-electron chi connectivity index (χ0n) is 32.0. The minimum Gasteiger partial charge on any atom is -0.0654 e. The van der Waals surface area contributed by atoms with Crippen LogP contribution in [0.25, 0.3) is 0 Å². The van der Waals surface area contributed by atoms with Gasteiger partial charge in [0.05, 0.1) is 24.6 Å². The Morgan fingerprint density at radius 2 is 0.318 bits per heavy atom. The molecule has 0 rings (SSSR count). The van der Waals surface area contributed by atoms with Crippen LogP contribution in [0.3, 0.4) is 0 Å². The standard InChI is InChI=1S/C43H90P/c1-5-9-13-17-21-22-23-24-25-26-27-28-29-30-31-35-39-43-44(40-36-32-18-14-10-6-2,41-37-33-19-15-11-7-3)42-38-34-20-16-12-8-4/h5-43H2,1-4H3/q+1. The van der Waals surface area contributed by atoms with Crippen molar-refractivity contribution in [1.82, 2.24) is 0 Å². The Bertz CT molecular complexity index is 458. The first-order chi connectivity index (χ1) is 21.7. The lowest BCUT2D eigenvalue weighted by Gasteiger charge is -2.28. The fourth-order valence-corrected chi connectivity index (χ4v) is 12.4. The lowest BCUT2D eigenvalue weighted by Crippen LogP contribution is -2.13. The smallest absolute Gasteiger partial charge is 0.0594 e. The molecule has 0 aliphatic rings. The molecule has 0 saturated carbocycles. The van der Waals surface area contributed by atoms with Crippen molar-refractivity contribution in [3.05, 3.63) is 0 Å². The minimum atomic E-state index is -0.753. The highest BCUT2D eigenvalue weighted by molar-refractivity contribution is 7.75. The molecule has 0 N–H and O–H groups in total. The average Bonchev–Trinajstić information content (AvgIpc) is 3.03. The summed E-state index contributed by atoms with van der Waals surface area (Å²) >= 11 is 0. The first kappa shape index (κ1) is 44.4. The van der Waals surface area contributed by atoms with Crippen LogP contribution < -0.4 is 0 Å². The first-order valence-corrected chi connectivity index (χ1v) is 24.1. The summed E-state index contributed by atoms with van der Waals surface area (Å²) < 4.78 is 0. The van der Waals surface area contributed by atoms with E-state index in [1.54, 1.807) is 50.3 Å². The van der Waals surface area contributed by atoms with Crippen molar-refractivity contribution >= 4 is 7.26 Å². The van der Waals surface area contributed by atoms with Crippen molar-refractivity contribution in [2.24, 2.45) is 0 Å². The quantitative estimate of drug-likeness (QED) is 0.0465. The molecule has 0 unspecified atom stereocenters. The largest absolute Gasteiger partial charge is 0.0654 e. The molecule has 0 fully saturated rings. The van der Waals surface area contributed by atoms with Crippen LogP contribution in [0.15, 0.2) is 0 Å². The van der Waals surface area contributed by atoms with Gasteiger partial charge in [-0.1, -0.05) is 201 Å². The zero-order valence-corrected chi connectivity index (χ0v) is 32.9. The van der Waals surface area contributed by atoms with Crippen molar-refractivity contribution in [1.29, 1.82) is 0 Å². The average molecular weight is 638 g/mol. The summed E-state index contributed by atoms with van der Waals surface area (Å²) in [5.41, 5.74) is 0. The van der Waals surface area contributed by atoms with E-state index in [0.29, 0.717) is 0 Å². The third-order valence-electron chi connectivity index (χ3n) is 10.7. The zero-order chi connectivity index (χ0) is 32.1. The summed E-state index contributed by atoms with van der Waals surface area (Å²) in [4.78, 5) is 0. The molecule has 0 aliphatic heterocycles. The summed E-state index contributed by atoms with van der Waals surface area (Å²) in [6.07, 6.45) is 58.7. The molecule has 0 saturated heterocycles. The summed E-state index contributed by atoms with van der Waals surface area (Å²) in [7, 11) is -0.753. The van der Waals surface area contributed by atoms with E-state index in [1.807, 2.05) is 0 Å². The van der Waals surface area contributed by atoms with E-state index in [0.717, 1.165) is 0 Å². The molecule has 0 bridgehead atoms. The van der Waals surface area contributed by atoms with Gasteiger partial charge in [0.25, 0.3) is 0 Å². The summed E-state index contributed by atoms with van der Waals surface area (Å²) in [6, 6.07) is 0. The molecule has 0 aliphatic carbocycles. The van der Waals surface area contributed by atoms with Crippen molar-refractivity contribution in [2.75, 3.05) is 24.6 Å². The topological polar surface area (TPSA) is 0 Å². The van der Waals surface area contributed by atoms with E-state index < -0.39 is 7.26 Å². The fraction of sp³-hybridized carbons (Fsp3) is 1.00. The highest BCUT2D eigenvalue weighted by Gasteiger charge is 2.35. The second-order valence-electron chi connectivity index (χ2n) is 15.2. The van der Waals surface area contributed by atoms with E-state index in [1.165, 1.54) is 199 Å². The van der Waals surface area contributed by atoms with Crippen molar-refractivity contribution in [2.45, 2.75) is 252 Å². The predicted octanol–water partition coefficient (Wildman–Crippen LogP) is 16.7. The summed E-state index contributed by atoms with van der Waals surface area (Å²) in [5, 5.41) is 0. The van der Waals surface area contributed by atoms with Crippen LogP contribution >= 0.6 is 7.26 Å². The van der Waals surface area contributed by atoms with Crippen LogP contribution in [0, 0.1) is 0 Å². The highest BCUT2D eigenvalue weighted by Crippen LogP contribution is 2.61. The molecular weight excluding hydrogens is 547 g/mol. The molecule has 0 aromatic carbocycles. The first-order valence-electron chi connectivity index (χ1n) is 21.6. The number of unbranched alkanes of at least 4 members (excludes halogenated alkanes) is 31. The monoisotopic (exact) mass is 638 g/mol. The third kappa shape index (κ3) is 32.4. The Morgan fingerprint density at radius 3 is 0.477 bits per heavy atom. The summed E-state index contributed by atoms with van der Waals surface area (Å²) in [5.74, 6) is 0. The van der Waals surface area contributed by atoms with Gasteiger partial charge in [-0.2, -0.15) is 0 Å². The number of rotatable bonds is 39. The van der Waals surface area contributed by atoms with Crippen LogP contribution in [0.4, 0.5) is 0 Å². The molecule has 0 aromatic rings. The molecule has 266 valence electrons. The maximum atomic E-state index is 2.36. The second-order valence-corrected chi connectivity index (χ2v) is 19.7. The van der Waals surface area contributed by atoms with Gasteiger partial charge in [-0.15, -0.1) is 0 Å². The minimum absolute atomic E-state index is 0.753. The molecule has 0 nitrogen and oxygen atoms in total. The van der Waals surface area contributed by atoms with E-state index >= 15 is 0 Å². The van der Waals surface area contributed by atoms with Crippen LogP contribution in [-0.4, -0.2) is 24.6 Å². The number of hydrogen-bond acceptors (Lipinski definition) is 0. The van der Waals surface area contributed by atoms with Gasteiger partial charge in [-0.25, -0.2) is 0 Å². The third-order valence-corrected chi connectivity index (χ3v) is 15.8. The van der Waals surface area contributed by atoms with Crippen molar-refractivity contribution in [3.8, 4) is 0 Å². The molecule has 0 atom stereocenters. The van der Waals surface area contributed by atoms with Crippen molar-refractivity contribution in [3.63, 3.8) is 0 Å². The molecule has 0 radical (unpaired) electrons. The summed E-state index contributed by atoms with van der Waals surface area (Å²) in [6.45, 7) is 9.39. The molecule has 0 spiro atoms. The van der Waals surface area contributed by atoms with Gasteiger partial charge in [0.1, 0.15) is 0 Å². The highest BCUT2D eigenvalue weighted by atomic mass is 31.2. The van der Waals surface area contributed by atoms with Gasteiger partial charge < -0.3 is 0 Å². The lowest BCUT2D eigenvalue weighted by molar-refractivity contribution is 0.529. The Balaban J connectivity index is 4.40. The van der Waals surface area contributed by atoms with Gasteiger partial charge in [-0.05, 0) is 51.4 Å². The fourth-order valence-electron chi connectivity index (χ4n) is 7.53. The maximum Gasteiger partial charge on any atom is 0.0594 e. The van der Waals surface area contributed by atoms with Crippen LogP contribution in [0.2, 0.25) is 0 Å². The van der Waals surface area contributed by atoms with Crippen LogP contribution in [0.5, 0.6) is 0 Å². The van der Waals surface area contributed by atoms with E-state index in [2.05, 4.69) is 27.7 Å². The van der Waals surface area contributed by atoms with Gasteiger partial charge in [0.2, 0.25) is 0 Å². The molecular formula is C43H90P+. The number of hydrogen-bond donors (Lipinski definition) is 0. The Hall–Kier alpha value is 0.430. The maximum absolute atomic E-state index is 2.36. The Kier molecular flexibility index (Phi) is 38.3. The van der Waals surface area contributed by atoms with Gasteiger partial charge in [0, 0.05) is 7.26 Å². The molecule has 1 heteroatoms. The molecule has 0 heterocycles. The van der Waals surface area contributed by atoms with E-state index in [-0.39, 0.29) is 0 Å². The Labute approximate surface area is 283 Å². The molecule has 0 amide bonds. The van der Waals surface area contributed by atoms with Gasteiger partial charge in [-0.3, -0.25) is 0 Å². The second kappa shape index (κ2) is 37.9. The van der Waals surface area contributed by atoms with Crippen molar-refractivity contribution < 1.29 is 0 Å². The lowest BCUT2D eigenvalue weighted by atomic mass is 10.0. The Morgan fingerprint density at radius 1 is 0.182 bits per heavy atom. The van der Waals surface area contributed by atoms with E-state index in [4.69, 9.17) is 0 Å². The van der Waals surface area contributed by atoms with Crippen LogP contribution in [0.1, 0.15) is 252 Å². The van der Waals surface area contributed by atoms with E-state index in [9.17, 15) is 0 Å². The predicted molar refractivity (Wildman–Crippen MR) is 211 cm³/mol. The van der Waals surface area contributed by atoms with Gasteiger partial charge in [0.15, 0.2) is 0 Å². The van der Waals surface area contributed by atoms with Crippen LogP contribution in [-0.2, 0) is 0 Å². The SMILES string of the molecule is CCCCCCCCCCCCCCCCCCC[P+](CCCCCCCC)(CCCCCCCC)CCCCCCCC. The molecule has 44 heavy (non-hydrogen) atoms.